The van der Waals surface area contributed by atoms with E-state index in [4.69, 9.17) is 4.98 Å². The number of aromatic nitrogens is 5. The molecule has 3 atom stereocenters. The van der Waals surface area contributed by atoms with Crippen LogP contribution in [0.15, 0.2) is 49.2 Å². The normalized spacial score (nSPS) is 23.1. The van der Waals surface area contributed by atoms with Gasteiger partial charge in [-0.1, -0.05) is 0 Å². The van der Waals surface area contributed by atoms with Gasteiger partial charge in [-0.3, -0.25) is 4.68 Å². The summed E-state index contributed by atoms with van der Waals surface area (Å²) < 4.78 is 3.76. The summed E-state index contributed by atoms with van der Waals surface area (Å²) in [5, 5.41) is 19.0. The molecule has 6 heterocycles. The van der Waals surface area contributed by atoms with E-state index in [1.54, 1.807) is 0 Å². The van der Waals surface area contributed by atoms with E-state index in [9.17, 15) is 5.11 Å². The van der Waals surface area contributed by atoms with E-state index in [2.05, 4.69) is 46.4 Å². The summed E-state index contributed by atoms with van der Waals surface area (Å²) in [6.45, 7) is 2.09. The molecule has 0 aliphatic carbocycles. The van der Waals surface area contributed by atoms with Gasteiger partial charge in [-0.25, -0.2) is 9.50 Å². The maximum Gasteiger partial charge on any atom is 0.129 e. The Bertz CT molecular complexity index is 1240. The molecule has 158 valence electrons. The highest BCUT2D eigenvalue weighted by molar-refractivity contribution is 5.86. The summed E-state index contributed by atoms with van der Waals surface area (Å²) in [7, 11) is 1.93. The van der Waals surface area contributed by atoms with Crippen LogP contribution in [0, 0.1) is 6.92 Å². The number of aliphatic hydroxyl groups excluding tert-OH is 1. The third-order valence-corrected chi connectivity index (χ3v) is 6.86. The number of rotatable bonds is 3. The second kappa shape index (κ2) is 6.92. The molecule has 0 aromatic carbocycles. The highest BCUT2D eigenvalue weighted by Crippen LogP contribution is 2.39. The number of nitrogens with zero attached hydrogens (tertiary/aromatic N) is 6. The molecule has 31 heavy (non-hydrogen) atoms. The molecule has 0 radical (unpaired) electrons. The molecule has 4 aromatic rings. The van der Waals surface area contributed by atoms with Crippen LogP contribution < -0.4 is 4.90 Å². The van der Waals surface area contributed by atoms with Gasteiger partial charge >= 0.3 is 0 Å². The Morgan fingerprint density at radius 3 is 2.42 bits per heavy atom. The van der Waals surface area contributed by atoms with Crippen LogP contribution in [0.2, 0.25) is 0 Å². The third-order valence-electron chi connectivity index (χ3n) is 6.86. The summed E-state index contributed by atoms with van der Waals surface area (Å²) in [5.74, 6) is 1.02. The number of aliphatic hydroxyl groups is 1. The number of hydrogen-bond donors (Lipinski definition) is 1. The Balaban J connectivity index is 1.41. The summed E-state index contributed by atoms with van der Waals surface area (Å²) >= 11 is 0. The van der Waals surface area contributed by atoms with Crippen molar-refractivity contribution in [2.24, 2.45) is 7.05 Å². The van der Waals surface area contributed by atoms with Crippen molar-refractivity contribution < 1.29 is 5.11 Å². The predicted molar refractivity (Wildman–Crippen MR) is 120 cm³/mol. The topological polar surface area (TPSA) is 71.5 Å². The quantitative estimate of drug-likeness (QED) is 0.555. The Kier molecular flexibility index (Phi) is 4.14. The van der Waals surface area contributed by atoms with Crippen molar-refractivity contribution in [3.8, 4) is 22.3 Å². The van der Waals surface area contributed by atoms with Gasteiger partial charge in [0.15, 0.2) is 0 Å². The molecule has 0 spiro atoms. The number of anilines is 1. The molecule has 4 aromatic heterocycles. The van der Waals surface area contributed by atoms with Crippen LogP contribution in [-0.2, 0) is 7.05 Å². The molecule has 7 nitrogen and oxygen atoms in total. The van der Waals surface area contributed by atoms with E-state index in [1.165, 1.54) is 0 Å². The third kappa shape index (κ3) is 3.03. The van der Waals surface area contributed by atoms with Crippen molar-refractivity contribution in [2.45, 2.75) is 50.8 Å². The van der Waals surface area contributed by atoms with Gasteiger partial charge < -0.3 is 10.0 Å². The van der Waals surface area contributed by atoms with Crippen LogP contribution >= 0.6 is 0 Å². The Labute approximate surface area is 181 Å². The summed E-state index contributed by atoms with van der Waals surface area (Å²) in [4.78, 5) is 7.30. The smallest absolute Gasteiger partial charge is 0.129 e. The van der Waals surface area contributed by atoms with Crippen molar-refractivity contribution in [2.75, 3.05) is 4.90 Å². The van der Waals surface area contributed by atoms with Crippen molar-refractivity contribution in [3.05, 3.63) is 54.7 Å². The van der Waals surface area contributed by atoms with Gasteiger partial charge in [-0.2, -0.15) is 10.2 Å². The highest BCUT2D eigenvalue weighted by atomic mass is 16.3. The van der Waals surface area contributed by atoms with E-state index in [0.29, 0.717) is 12.1 Å². The highest BCUT2D eigenvalue weighted by Gasteiger charge is 2.40. The van der Waals surface area contributed by atoms with Crippen molar-refractivity contribution in [1.82, 2.24) is 24.4 Å². The molecule has 2 bridgehead atoms. The molecule has 7 heteroatoms. The lowest BCUT2D eigenvalue weighted by Crippen LogP contribution is -2.45. The van der Waals surface area contributed by atoms with Crippen LogP contribution in [0.4, 0.5) is 5.82 Å². The molecule has 2 aliphatic heterocycles. The average Bonchev–Trinajstić information content (AvgIpc) is 3.44. The predicted octanol–water partition coefficient (Wildman–Crippen LogP) is 3.60. The molecular formula is C24H26N6O. The first kappa shape index (κ1) is 18.6. The maximum atomic E-state index is 10.1. The average molecular weight is 415 g/mol. The standard InChI is InChI=1S/C24H26N6O/c1-15-10-27-29-14-17(18-12-26-28(2)13-18)7-22(24(15)29)16-3-6-23(25-11-16)30-19-4-5-20(30)9-21(31)8-19/h3,6-7,10-14,19-21,31H,4-5,8-9H2,1-2H3/t19-,20+,21?. The Morgan fingerprint density at radius 2 is 1.74 bits per heavy atom. The number of hydrogen-bond acceptors (Lipinski definition) is 5. The van der Waals surface area contributed by atoms with Gasteiger partial charge in [0.2, 0.25) is 0 Å². The summed E-state index contributed by atoms with van der Waals surface area (Å²) in [6, 6.07) is 7.33. The fourth-order valence-electron chi connectivity index (χ4n) is 5.44. The Morgan fingerprint density at radius 1 is 0.935 bits per heavy atom. The van der Waals surface area contributed by atoms with E-state index in [-0.39, 0.29) is 6.10 Å². The lowest BCUT2D eigenvalue weighted by atomic mass is 9.99. The van der Waals surface area contributed by atoms with Crippen molar-refractivity contribution in [3.63, 3.8) is 0 Å². The molecule has 2 saturated heterocycles. The van der Waals surface area contributed by atoms with Crippen molar-refractivity contribution in [1.29, 1.82) is 0 Å². The fourth-order valence-corrected chi connectivity index (χ4v) is 5.44. The first-order valence-corrected chi connectivity index (χ1v) is 11.0. The van der Waals surface area contributed by atoms with E-state index in [1.807, 2.05) is 41.0 Å². The monoisotopic (exact) mass is 414 g/mol. The molecule has 2 aliphatic rings. The SMILES string of the molecule is Cc1cnn2cc(-c3cnn(C)c3)cc(-c3ccc(N4[C@@H]5CC[C@H]4CC(O)C5)nc3)c12. The van der Waals surface area contributed by atoms with Gasteiger partial charge in [0, 0.05) is 60.0 Å². The van der Waals surface area contributed by atoms with Crippen LogP contribution in [0.1, 0.15) is 31.2 Å². The number of piperidine rings is 1. The van der Waals surface area contributed by atoms with E-state index < -0.39 is 0 Å². The first-order chi connectivity index (χ1) is 15.1. The lowest BCUT2D eigenvalue weighted by Gasteiger charge is -2.38. The lowest BCUT2D eigenvalue weighted by molar-refractivity contribution is 0.126. The van der Waals surface area contributed by atoms with Crippen LogP contribution in [0.5, 0.6) is 0 Å². The summed E-state index contributed by atoms with van der Waals surface area (Å²) in [6.07, 6.45) is 13.7. The Hall–Kier alpha value is -3.19. The molecule has 2 fully saturated rings. The number of aryl methyl sites for hydroxylation is 2. The summed E-state index contributed by atoms with van der Waals surface area (Å²) in [5.41, 5.74) is 6.57. The zero-order chi connectivity index (χ0) is 21.1. The maximum absolute atomic E-state index is 10.1. The molecule has 1 unspecified atom stereocenters. The zero-order valence-electron chi connectivity index (χ0n) is 17.8. The second-order valence-electron chi connectivity index (χ2n) is 8.99. The van der Waals surface area contributed by atoms with Crippen LogP contribution in [0.25, 0.3) is 27.8 Å². The van der Waals surface area contributed by atoms with Gasteiger partial charge in [0.25, 0.3) is 0 Å². The molecule has 1 N–H and O–H groups in total. The first-order valence-electron chi connectivity index (χ1n) is 11.0. The van der Waals surface area contributed by atoms with Crippen molar-refractivity contribution >= 4 is 11.3 Å². The van der Waals surface area contributed by atoms with E-state index in [0.717, 1.165) is 64.8 Å². The minimum atomic E-state index is -0.165. The zero-order valence-corrected chi connectivity index (χ0v) is 17.8. The van der Waals surface area contributed by atoms with Crippen LogP contribution in [0.3, 0.4) is 0 Å². The van der Waals surface area contributed by atoms with Crippen LogP contribution in [-0.4, -0.2) is 47.7 Å². The molecule has 0 saturated carbocycles. The molecule has 6 rings (SSSR count). The minimum absolute atomic E-state index is 0.165. The minimum Gasteiger partial charge on any atom is -0.393 e. The fraction of sp³-hybridized carbons (Fsp3) is 0.375. The van der Waals surface area contributed by atoms with Gasteiger partial charge in [0.1, 0.15) is 5.82 Å². The number of pyridine rings is 2. The van der Waals surface area contributed by atoms with Gasteiger partial charge in [-0.05, 0) is 56.4 Å². The van der Waals surface area contributed by atoms with E-state index >= 15 is 0 Å². The molecule has 0 amide bonds. The molecular weight excluding hydrogens is 388 g/mol. The van der Waals surface area contributed by atoms with Gasteiger partial charge in [-0.15, -0.1) is 0 Å². The largest absolute Gasteiger partial charge is 0.393 e. The van der Waals surface area contributed by atoms with Gasteiger partial charge in [0.05, 0.1) is 24.0 Å². The number of fused-ring (bicyclic) bond motifs is 3. The second-order valence-corrected chi connectivity index (χ2v) is 8.99.